The van der Waals surface area contributed by atoms with Crippen LogP contribution in [0.1, 0.15) is 25.3 Å². The zero-order chi connectivity index (χ0) is 10.1. The van der Waals surface area contributed by atoms with Crippen molar-refractivity contribution in [2.24, 2.45) is 0 Å². The number of hydrogen-bond acceptors (Lipinski definition) is 2. The third-order valence-corrected chi connectivity index (χ3v) is 3.79. The highest BCUT2D eigenvalue weighted by atomic mass is 79.9. The first-order valence-corrected chi connectivity index (χ1v) is 7.28. The summed E-state index contributed by atoms with van der Waals surface area (Å²) in [5.74, 6) is 0.423. The Morgan fingerprint density at radius 1 is 1.15 bits per heavy atom. The lowest BCUT2D eigenvalue weighted by atomic mass is 10.0. The fraction of sp³-hybridized carbons (Fsp3) is 0.333. The molecule has 0 spiro atoms. The summed E-state index contributed by atoms with van der Waals surface area (Å²) in [4.78, 5) is 0.303. The summed E-state index contributed by atoms with van der Waals surface area (Å²) in [5, 5.41) is 0. The molecule has 0 amide bonds. The smallest absolute Gasteiger partial charge is 0.212 e. The fourth-order valence-corrected chi connectivity index (χ4v) is 2.12. The first kappa shape index (κ1) is 10.7. The third kappa shape index (κ3) is 2.81. The molecular formula is C9H11BrO2S. The molecular weight excluding hydrogens is 252 g/mol. The van der Waals surface area contributed by atoms with E-state index in [1.165, 1.54) is 0 Å². The van der Waals surface area contributed by atoms with Crippen molar-refractivity contribution in [3.05, 3.63) is 29.8 Å². The van der Waals surface area contributed by atoms with Crippen LogP contribution in [0.5, 0.6) is 0 Å². The molecule has 4 heteroatoms. The molecule has 0 saturated heterocycles. The van der Waals surface area contributed by atoms with Gasteiger partial charge in [0, 0.05) is 0 Å². The minimum Gasteiger partial charge on any atom is -0.212 e. The average molecular weight is 263 g/mol. The Hall–Kier alpha value is -0.350. The molecule has 72 valence electrons. The number of benzene rings is 1. The van der Waals surface area contributed by atoms with E-state index in [0.717, 1.165) is 5.56 Å². The first-order valence-electron chi connectivity index (χ1n) is 3.96. The van der Waals surface area contributed by atoms with Crippen LogP contribution in [0.25, 0.3) is 0 Å². The summed E-state index contributed by atoms with van der Waals surface area (Å²) in [6.07, 6.45) is 0. The van der Waals surface area contributed by atoms with Crippen LogP contribution in [0.15, 0.2) is 29.2 Å². The maximum atomic E-state index is 11.0. The van der Waals surface area contributed by atoms with Crippen molar-refractivity contribution >= 4 is 23.1 Å². The van der Waals surface area contributed by atoms with Gasteiger partial charge in [-0.05, 0) is 23.6 Å². The predicted molar refractivity (Wildman–Crippen MR) is 56.6 cm³/mol. The van der Waals surface area contributed by atoms with Crippen molar-refractivity contribution in [2.45, 2.75) is 24.7 Å². The number of rotatable bonds is 2. The predicted octanol–water partition coefficient (Wildman–Crippen LogP) is 2.89. The standard InChI is InChI=1S/C9H11BrO2S/c1-7(2)8-3-5-9(6-4-8)13(10,11)12/h3-7H,1-2H3. The van der Waals surface area contributed by atoms with Crippen molar-refractivity contribution in [2.75, 3.05) is 0 Å². The zero-order valence-corrected chi connectivity index (χ0v) is 9.89. The van der Waals surface area contributed by atoms with E-state index in [1.807, 2.05) is 12.1 Å². The lowest BCUT2D eigenvalue weighted by Gasteiger charge is -2.04. The van der Waals surface area contributed by atoms with Gasteiger partial charge in [0.25, 0.3) is 0 Å². The first-order chi connectivity index (χ1) is 5.91. The van der Waals surface area contributed by atoms with Gasteiger partial charge in [0.2, 0.25) is 8.27 Å². The van der Waals surface area contributed by atoms with Gasteiger partial charge in [0.1, 0.15) is 0 Å². The van der Waals surface area contributed by atoms with Gasteiger partial charge in [-0.3, -0.25) is 0 Å². The van der Waals surface area contributed by atoms with Gasteiger partial charge in [-0.2, -0.15) is 0 Å². The quantitative estimate of drug-likeness (QED) is 0.769. The summed E-state index contributed by atoms with van der Waals surface area (Å²) in [7, 11) is -3.23. The Kier molecular flexibility index (Phi) is 3.14. The van der Waals surface area contributed by atoms with E-state index < -0.39 is 8.27 Å². The molecule has 0 N–H and O–H groups in total. The largest absolute Gasteiger partial charge is 0.237 e. The maximum absolute atomic E-state index is 11.0. The van der Waals surface area contributed by atoms with Gasteiger partial charge in [0.15, 0.2) is 0 Å². The average Bonchev–Trinajstić information content (AvgIpc) is 2.03. The van der Waals surface area contributed by atoms with Crippen molar-refractivity contribution in [3.8, 4) is 0 Å². The van der Waals surface area contributed by atoms with Gasteiger partial charge < -0.3 is 0 Å². The summed E-state index contributed by atoms with van der Waals surface area (Å²) >= 11 is 2.62. The molecule has 1 rings (SSSR count). The molecule has 0 aliphatic carbocycles. The molecule has 0 saturated carbocycles. The Balaban J connectivity index is 3.08. The molecule has 0 fully saturated rings. The van der Waals surface area contributed by atoms with E-state index in [2.05, 4.69) is 28.7 Å². The van der Waals surface area contributed by atoms with Gasteiger partial charge in [-0.1, -0.05) is 26.0 Å². The highest BCUT2D eigenvalue weighted by molar-refractivity contribution is 9.47. The van der Waals surface area contributed by atoms with Crippen LogP contribution in [0, 0.1) is 0 Å². The van der Waals surface area contributed by atoms with Gasteiger partial charge in [0.05, 0.1) is 19.7 Å². The second kappa shape index (κ2) is 3.80. The lowest BCUT2D eigenvalue weighted by molar-refractivity contribution is 0.611. The molecule has 0 atom stereocenters. The van der Waals surface area contributed by atoms with Crippen molar-refractivity contribution < 1.29 is 8.42 Å². The number of hydrogen-bond donors (Lipinski definition) is 0. The van der Waals surface area contributed by atoms with E-state index in [4.69, 9.17) is 0 Å². The molecule has 0 radical (unpaired) electrons. The molecule has 0 bridgehead atoms. The highest BCUT2D eigenvalue weighted by Crippen LogP contribution is 2.20. The summed E-state index contributed by atoms with van der Waals surface area (Å²) in [5.41, 5.74) is 1.14. The second-order valence-electron chi connectivity index (χ2n) is 3.16. The minimum absolute atomic E-state index is 0.303. The monoisotopic (exact) mass is 262 g/mol. The summed E-state index contributed by atoms with van der Waals surface area (Å²) < 4.78 is 22.1. The van der Waals surface area contributed by atoms with Gasteiger partial charge >= 0.3 is 0 Å². The molecule has 2 nitrogen and oxygen atoms in total. The van der Waals surface area contributed by atoms with Gasteiger partial charge in [-0.25, -0.2) is 8.42 Å². The highest BCUT2D eigenvalue weighted by Gasteiger charge is 2.08. The molecule has 1 aromatic carbocycles. The second-order valence-corrected chi connectivity index (χ2v) is 7.07. The Morgan fingerprint density at radius 3 is 1.92 bits per heavy atom. The SMILES string of the molecule is CC(C)c1ccc(S(=O)(=O)Br)cc1. The number of halogens is 1. The normalized spacial score (nSPS) is 12.0. The summed E-state index contributed by atoms with van der Waals surface area (Å²) in [6, 6.07) is 6.89. The Morgan fingerprint density at radius 2 is 1.62 bits per heavy atom. The van der Waals surface area contributed by atoms with Crippen LogP contribution in [0.3, 0.4) is 0 Å². The molecule has 0 unspecified atom stereocenters. The molecule has 0 aliphatic rings. The van der Waals surface area contributed by atoms with Crippen LogP contribution in [-0.2, 0) is 8.27 Å². The molecule has 13 heavy (non-hydrogen) atoms. The van der Waals surface area contributed by atoms with Crippen LogP contribution < -0.4 is 0 Å². The van der Waals surface area contributed by atoms with Gasteiger partial charge in [-0.15, -0.1) is 0 Å². The molecule has 0 aromatic heterocycles. The van der Waals surface area contributed by atoms with E-state index in [9.17, 15) is 8.42 Å². The van der Waals surface area contributed by atoms with Crippen LogP contribution >= 0.6 is 14.8 Å². The van der Waals surface area contributed by atoms with Crippen LogP contribution in [-0.4, -0.2) is 8.42 Å². The topological polar surface area (TPSA) is 34.1 Å². The Bertz CT molecular complexity index is 379. The van der Waals surface area contributed by atoms with Crippen molar-refractivity contribution in [3.63, 3.8) is 0 Å². The maximum Gasteiger partial charge on any atom is 0.237 e. The van der Waals surface area contributed by atoms with E-state index in [1.54, 1.807) is 12.1 Å². The Labute approximate surface area is 86.1 Å². The molecule has 1 aromatic rings. The summed E-state index contributed by atoms with van der Waals surface area (Å²) in [6.45, 7) is 4.13. The minimum atomic E-state index is -3.23. The molecule has 0 heterocycles. The van der Waals surface area contributed by atoms with Crippen LogP contribution in [0.4, 0.5) is 0 Å². The van der Waals surface area contributed by atoms with E-state index in [-0.39, 0.29) is 0 Å². The van der Waals surface area contributed by atoms with E-state index in [0.29, 0.717) is 10.8 Å². The zero-order valence-electron chi connectivity index (χ0n) is 7.49. The van der Waals surface area contributed by atoms with Crippen molar-refractivity contribution in [1.29, 1.82) is 0 Å². The van der Waals surface area contributed by atoms with E-state index >= 15 is 0 Å². The van der Waals surface area contributed by atoms with Crippen LogP contribution in [0.2, 0.25) is 0 Å². The third-order valence-electron chi connectivity index (χ3n) is 1.83. The fourth-order valence-electron chi connectivity index (χ4n) is 1.02. The lowest BCUT2D eigenvalue weighted by Crippen LogP contribution is -1.91. The molecule has 0 aliphatic heterocycles. The van der Waals surface area contributed by atoms with Crippen molar-refractivity contribution in [1.82, 2.24) is 0 Å².